The minimum atomic E-state index is -0.154. The normalized spacial score (nSPS) is 12.3. The molecule has 1 unspecified atom stereocenters. The summed E-state index contributed by atoms with van der Waals surface area (Å²) in [5, 5.41) is 10.4. The topological polar surface area (TPSA) is 56.3 Å². The lowest BCUT2D eigenvalue weighted by molar-refractivity contribution is 0.0707. The van der Waals surface area contributed by atoms with Gasteiger partial charge in [0.15, 0.2) is 0 Å². The predicted octanol–water partition coefficient (Wildman–Crippen LogP) is 3.36. The Balaban J connectivity index is 1.95. The van der Waals surface area contributed by atoms with Gasteiger partial charge in [0, 0.05) is 25.2 Å². The van der Waals surface area contributed by atoms with E-state index in [1.54, 1.807) is 11.9 Å². The van der Waals surface area contributed by atoms with Crippen LogP contribution in [0.2, 0.25) is 0 Å². The summed E-state index contributed by atoms with van der Waals surface area (Å²) in [5.74, 6) is -0.0552. The number of hydrogen-bond acceptors (Lipinski definition) is 2. The molecule has 118 valence electrons. The minimum Gasteiger partial charge on any atom is -0.396 e. The molecule has 1 aromatic heterocycles. The molecular formula is C19H20N2O2. The molecule has 0 aliphatic carbocycles. The van der Waals surface area contributed by atoms with Crippen molar-refractivity contribution in [1.82, 2.24) is 9.88 Å². The first-order valence-electron chi connectivity index (χ1n) is 7.71. The molecule has 2 aromatic carbocycles. The van der Waals surface area contributed by atoms with E-state index in [1.165, 1.54) is 0 Å². The lowest BCUT2D eigenvalue weighted by Crippen LogP contribution is -2.32. The van der Waals surface area contributed by atoms with Crippen molar-refractivity contribution in [3.63, 3.8) is 0 Å². The highest BCUT2D eigenvalue weighted by atomic mass is 16.3. The molecule has 1 atom stereocenters. The summed E-state index contributed by atoms with van der Waals surface area (Å²) in [6.45, 7) is 0.0316. The van der Waals surface area contributed by atoms with Crippen molar-refractivity contribution in [3.05, 3.63) is 71.9 Å². The number of para-hydroxylation sites is 1. The summed E-state index contributed by atoms with van der Waals surface area (Å²) in [6.07, 6.45) is 2.34. The van der Waals surface area contributed by atoms with Gasteiger partial charge >= 0.3 is 0 Å². The van der Waals surface area contributed by atoms with Crippen LogP contribution in [0.1, 0.15) is 28.4 Å². The molecule has 0 aliphatic rings. The number of aromatic nitrogens is 1. The lowest BCUT2D eigenvalue weighted by Gasteiger charge is -2.28. The number of aliphatic hydroxyl groups excluding tert-OH is 1. The van der Waals surface area contributed by atoms with Crippen LogP contribution in [0.5, 0.6) is 0 Å². The van der Waals surface area contributed by atoms with Crippen molar-refractivity contribution < 1.29 is 9.90 Å². The monoisotopic (exact) mass is 308 g/mol. The number of aliphatic hydroxyl groups is 1. The second kappa shape index (κ2) is 6.67. The SMILES string of the molecule is CN(C(=O)c1cccc2cc[nH]c12)C(CCO)c1ccccc1. The maximum absolute atomic E-state index is 13.0. The molecule has 0 bridgehead atoms. The first kappa shape index (κ1) is 15.3. The Morgan fingerprint density at radius 2 is 1.91 bits per heavy atom. The van der Waals surface area contributed by atoms with Gasteiger partial charge in [-0.1, -0.05) is 42.5 Å². The lowest BCUT2D eigenvalue weighted by atomic mass is 10.0. The number of carbonyl (C=O) groups excluding carboxylic acids is 1. The van der Waals surface area contributed by atoms with Crippen LogP contribution in [0, 0.1) is 0 Å². The van der Waals surface area contributed by atoms with Gasteiger partial charge in [0.05, 0.1) is 17.1 Å². The number of nitrogens with zero attached hydrogens (tertiary/aromatic N) is 1. The molecule has 0 fully saturated rings. The molecule has 4 heteroatoms. The molecule has 1 heterocycles. The van der Waals surface area contributed by atoms with Crippen molar-refractivity contribution in [2.24, 2.45) is 0 Å². The van der Waals surface area contributed by atoms with Crippen LogP contribution in [0.3, 0.4) is 0 Å². The van der Waals surface area contributed by atoms with Crippen LogP contribution < -0.4 is 0 Å². The van der Waals surface area contributed by atoms with Crippen molar-refractivity contribution in [3.8, 4) is 0 Å². The second-order valence-electron chi connectivity index (χ2n) is 5.60. The Hall–Kier alpha value is -2.59. The molecule has 3 aromatic rings. The number of fused-ring (bicyclic) bond motifs is 1. The summed E-state index contributed by atoms with van der Waals surface area (Å²) >= 11 is 0. The Morgan fingerprint density at radius 3 is 2.65 bits per heavy atom. The van der Waals surface area contributed by atoms with Gasteiger partial charge in [0.1, 0.15) is 0 Å². The molecule has 0 radical (unpaired) electrons. The fourth-order valence-electron chi connectivity index (χ4n) is 2.98. The molecule has 0 saturated carbocycles. The molecule has 1 amide bonds. The largest absolute Gasteiger partial charge is 0.396 e. The first-order chi connectivity index (χ1) is 11.2. The zero-order valence-electron chi connectivity index (χ0n) is 13.1. The van der Waals surface area contributed by atoms with E-state index in [4.69, 9.17) is 0 Å². The van der Waals surface area contributed by atoms with Gasteiger partial charge in [-0.15, -0.1) is 0 Å². The quantitative estimate of drug-likeness (QED) is 0.759. The van der Waals surface area contributed by atoms with Gasteiger partial charge in [-0.25, -0.2) is 0 Å². The Morgan fingerprint density at radius 1 is 1.13 bits per heavy atom. The predicted molar refractivity (Wildman–Crippen MR) is 91.3 cm³/mol. The molecule has 0 spiro atoms. The summed E-state index contributed by atoms with van der Waals surface area (Å²) in [6, 6.07) is 17.3. The Bertz CT molecular complexity index is 795. The molecule has 3 rings (SSSR count). The third-order valence-electron chi connectivity index (χ3n) is 4.19. The molecule has 0 aliphatic heterocycles. The number of carbonyl (C=O) groups is 1. The molecule has 2 N–H and O–H groups in total. The smallest absolute Gasteiger partial charge is 0.256 e. The number of rotatable bonds is 5. The molecular weight excluding hydrogens is 288 g/mol. The Labute approximate surface area is 135 Å². The van der Waals surface area contributed by atoms with E-state index in [0.717, 1.165) is 16.5 Å². The van der Waals surface area contributed by atoms with Crippen LogP contribution in [0.4, 0.5) is 0 Å². The van der Waals surface area contributed by atoms with Crippen LogP contribution in [-0.4, -0.2) is 34.6 Å². The van der Waals surface area contributed by atoms with Crippen LogP contribution >= 0.6 is 0 Å². The third-order valence-corrected chi connectivity index (χ3v) is 4.19. The van der Waals surface area contributed by atoms with Gasteiger partial charge in [-0.3, -0.25) is 4.79 Å². The Kier molecular flexibility index (Phi) is 4.44. The van der Waals surface area contributed by atoms with Gasteiger partial charge in [-0.05, 0) is 24.1 Å². The molecule has 4 nitrogen and oxygen atoms in total. The van der Waals surface area contributed by atoms with E-state index in [0.29, 0.717) is 12.0 Å². The fourth-order valence-corrected chi connectivity index (χ4v) is 2.98. The number of amides is 1. The van der Waals surface area contributed by atoms with Crippen LogP contribution in [0.25, 0.3) is 10.9 Å². The minimum absolute atomic E-state index is 0.0316. The zero-order chi connectivity index (χ0) is 16.2. The number of H-pyrrole nitrogens is 1. The second-order valence-corrected chi connectivity index (χ2v) is 5.60. The summed E-state index contributed by atoms with van der Waals surface area (Å²) in [4.78, 5) is 17.8. The summed E-state index contributed by atoms with van der Waals surface area (Å²) in [7, 11) is 1.79. The first-order valence-corrected chi connectivity index (χ1v) is 7.71. The average molecular weight is 308 g/mol. The van der Waals surface area contributed by atoms with E-state index in [2.05, 4.69) is 4.98 Å². The number of benzene rings is 2. The van der Waals surface area contributed by atoms with Crippen molar-refractivity contribution in [1.29, 1.82) is 0 Å². The summed E-state index contributed by atoms with van der Waals surface area (Å²) < 4.78 is 0. The standard InChI is InChI=1S/C19H20N2O2/c1-21(17(11-13-22)14-6-3-2-4-7-14)19(23)16-9-5-8-15-10-12-20-18(15)16/h2-10,12,17,20,22H,11,13H2,1H3. The average Bonchev–Trinajstić information content (AvgIpc) is 3.08. The van der Waals surface area contributed by atoms with Gasteiger partial charge in [0.25, 0.3) is 5.91 Å². The molecule has 0 saturated heterocycles. The van der Waals surface area contributed by atoms with E-state index < -0.39 is 0 Å². The maximum atomic E-state index is 13.0. The van der Waals surface area contributed by atoms with E-state index in [1.807, 2.05) is 60.8 Å². The highest BCUT2D eigenvalue weighted by molar-refractivity contribution is 6.05. The highest BCUT2D eigenvalue weighted by Crippen LogP contribution is 2.26. The number of nitrogens with one attached hydrogen (secondary N) is 1. The van der Waals surface area contributed by atoms with E-state index in [9.17, 15) is 9.90 Å². The number of aromatic amines is 1. The number of hydrogen-bond donors (Lipinski definition) is 2. The van der Waals surface area contributed by atoms with Crippen molar-refractivity contribution >= 4 is 16.8 Å². The zero-order valence-corrected chi connectivity index (χ0v) is 13.1. The van der Waals surface area contributed by atoms with Gasteiger partial charge < -0.3 is 15.0 Å². The van der Waals surface area contributed by atoms with Crippen LogP contribution in [-0.2, 0) is 0 Å². The maximum Gasteiger partial charge on any atom is 0.256 e. The van der Waals surface area contributed by atoms with E-state index in [-0.39, 0.29) is 18.6 Å². The summed E-state index contributed by atoms with van der Waals surface area (Å²) in [5.41, 5.74) is 2.52. The van der Waals surface area contributed by atoms with Crippen molar-refractivity contribution in [2.75, 3.05) is 13.7 Å². The van der Waals surface area contributed by atoms with E-state index >= 15 is 0 Å². The van der Waals surface area contributed by atoms with Gasteiger partial charge in [0.2, 0.25) is 0 Å². The van der Waals surface area contributed by atoms with Crippen molar-refractivity contribution in [2.45, 2.75) is 12.5 Å². The fraction of sp³-hybridized carbons (Fsp3) is 0.211. The highest BCUT2D eigenvalue weighted by Gasteiger charge is 2.23. The third kappa shape index (κ3) is 2.98. The van der Waals surface area contributed by atoms with Crippen LogP contribution in [0.15, 0.2) is 60.8 Å². The van der Waals surface area contributed by atoms with Gasteiger partial charge in [-0.2, -0.15) is 0 Å². The molecule has 23 heavy (non-hydrogen) atoms.